The molecule has 0 aromatic carbocycles. The molecule has 4 nitrogen and oxygen atoms in total. The number of aryl methyl sites for hydroxylation is 1. The predicted molar refractivity (Wildman–Crippen MR) is 98.5 cm³/mol. The molecule has 0 N–H and O–H groups in total. The Hall–Kier alpha value is -2.45. The largest absolute Gasteiger partial charge is 0.292 e. The Balaban J connectivity index is 2.26. The normalized spacial score (nSPS) is 11.2. The van der Waals surface area contributed by atoms with E-state index in [9.17, 15) is 15.3 Å². The standard InChI is InChI=1S/C17H11N3OS3/c1-11-4-5-13(23-11)7-15-16(21)20(10-14-3-2-6-22-14)17(24-15)12(8-18)9-19/h2-7H,10H2,1H3. The van der Waals surface area contributed by atoms with Gasteiger partial charge in [0, 0.05) is 14.6 Å². The van der Waals surface area contributed by atoms with Gasteiger partial charge in [0.1, 0.15) is 16.8 Å². The van der Waals surface area contributed by atoms with Crippen LogP contribution in [0.25, 0.3) is 11.6 Å². The van der Waals surface area contributed by atoms with Gasteiger partial charge in [-0.15, -0.1) is 34.0 Å². The third-order valence-corrected chi connectivity index (χ3v) is 6.21. The number of nitrogens with zero attached hydrogens (tertiary/aromatic N) is 3. The van der Waals surface area contributed by atoms with Crippen LogP contribution in [-0.4, -0.2) is 4.57 Å². The summed E-state index contributed by atoms with van der Waals surface area (Å²) >= 11 is 4.33. The summed E-state index contributed by atoms with van der Waals surface area (Å²) < 4.78 is 2.47. The van der Waals surface area contributed by atoms with E-state index >= 15 is 0 Å². The molecule has 0 aliphatic rings. The monoisotopic (exact) mass is 369 g/mol. The number of thiophene rings is 2. The first kappa shape index (κ1) is 16.4. The summed E-state index contributed by atoms with van der Waals surface area (Å²) in [7, 11) is 0. The molecule has 0 unspecified atom stereocenters. The minimum Gasteiger partial charge on any atom is -0.292 e. The van der Waals surface area contributed by atoms with E-state index < -0.39 is 0 Å². The SMILES string of the molecule is Cc1ccc(C=c2sc(=C(C#N)C#N)n(Cc3cccs3)c2=O)s1. The van der Waals surface area contributed by atoms with Crippen LogP contribution in [0.15, 0.2) is 34.4 Å². The van der Waals surface area contributed by atoms with Gasteiger partial charge >= 0.3 is 0 Å². The fourth-order valence-electron chi connectivity index (χ4n) is 2.19. The van der Waals surface area contributed by atoms with Gasteiger partial charge in [-0.25, -0.2) is 0 Å². The first-order chi connectivity index (χ1) is 11.6. The van der Waals surface area contributed by atoms with Gasteiger partial charge < -0.3 is 0 Å². The molecule has 118 valence electrons. The molecule has 0 bridgehead atoms. The van der Waals surface area contributed by atoms with E-state index in [1.165, 1.54) is 20.8 Å². The zero-order valence-electron chi connectivity index (χ0n) is 12.6. The van der Waals surface area contributed by atoms with Crippen molar-refractivity contribution in [3.05, 3.63) is 63.8 Å². The van der Waals surface area contributed by atoms with E-state index in [4.69, 9.17) is 0 Å². The molecule has 0 aliphatic heterocycles. The molecule has 3 aromatic rings. The number of hydrogen-bond acceptors (Lipinski definition) is 6. The molecule has 3 aromatic heterocycles. The van der Waals surface area contributed by atoms with Crippen LogP contribution in [0.1, 0.15) is 14.6 Å². The quantitative estimate of drug-likeness (QED) is 0.712. The van der Waals surface area contributed by atoms with Crippen molar-refractivity contribution in [1.29, 1.82) is 10.5 Å². The lowest BCUT2D eigenvalue weighted by molar-refractivity contribution is 0.765. The molecule has 0 radical (unpaired) electrons. The molecule has 24 heavy (non-hydrogen) atoms. The van der Waals surface area contributed by atoms with Crippen molar-refractivity contribution in [3.8, 4) is 12.1 Å². The van der Waals surface area contributed by atoms with Crippen LogP contribution in [0.3, 0.4) is 0 Å². The van der Waals surface area contributed by atoms with Crippen molar-refractivity contribution < 1.29 is 0 Å². The third kappa shape index (κ3) is 3.24. The van der Waals surface area contributed by atoms with Crippen LogP contribution in [0.4, 0.5) is 0 Å². The van der Waals surface area contributed by atoms with Crippen molar-refractivity contribution in [2.45, 2.75) is 13.5 Å². The van der Waals surface area contributed by atoms with Crippen LogP contribution in [0, 0.1) is 29.6 Å². The maximum Gasteiger partial charge on any atom is 0.269 e. The molecule has 0 atom stereocenters. The second-order valence-corrected chi connectivity index (χ2v) is 8.32. The Morgan fingerprint density at radius 1 is 1.25 bits per heavy atom. The van der Waals surface area contributed by atoms with Crippen molar-refractivity contribution in [3.63, 3.8) is 0 Å². The maximum absolute atomic E-state index is 12.8. The van der Waals surface area contributed by atoms with Crippen LogP contribution in [-0.2, 0) is 6.54 Å². The van der Waals surface area contributed by atoms with Gasteiger partial charge in [-0.2, -0.15) is 10.5 Å². The fourth-order valence-corrected chi connectivity index (χ4v) is 4.82. The second kappa shape index (κ2) is 6.98. The van der Waals surface area contributed by atoms with Crippen LogP contribution >= 0.6 is 34.0 Å². The number of rotatable bonds is 3. The molecular weight excluding hydrogens is 358 g/mol. The minimum absolute atomic E-state index is 0.0318. The van der Waals surface area contributed by atoms with E-state index in [1.54, 1.807) is 22.7 Å². The molecule has 7 heteroatoms. The third-order valence-electron chi connectivity index (χ3n) is 3.27. The average Bonchev–Trinajstić information content (AvgIpc) is 3.28. The Morgan fingerprint density at radius 2 is 2.04 bits per heavy atom. The van der Waals surface area contributed by atoms with E-state index in [0.29, 0.717) is 15.7 Å². The molecular formula is C17H11N3OS3. The zero-order valence-corrected chi connectivity index (χ0v) is 15.1. The van der Waals surface area contributed by atoms with Gasteiger partial charge in [-0.05, 0) is 36.6 Å². The highest BCUT2D eigenvalue weighted by atomic mass is 32.1. The Bertz CT molecular complexity index is 1120. The molecule has 0 saturated heterocycles. The highest BCUT2D eigenvalue weighted by molar-refractivity contribution is 7.13. The summed E-state index contributed by atoms with van der Waals surface area (Å²) in [6, 6.07) is 11.6. The molecule has 0 fully saturated rings. The number of hydrogen-bond donors (Lipinski definition) is 0. The molecule has 3 heterocycles. The maximum atomic E-state index is 12.8. The fraction of sp³-hybridized carbons (Fsp3) is 0.118. The number of aromatic nitrogens is 1. The molecule has 0 aliphatic carbocycles. The van der Waals surface area contributed by atoms with Crippen molar-refractivity contribution in [1.82, 2.24) is 4.57 Å². The number of thiazole rings is 1. The van der Waals surface area contributed by atoms with E-state index in [-0.39, 0.29) is 11.1 Å². The summed E-state index contributed by atoms with van der Waals surface area (Å²) in [6.07, 6.45) is 1.82. The van der Waals surface area contributed by atoms with Gasteiger partial charge in [0.25, 0.3) is 5.56 Å². The van der Waals surface area contributed by atoms with Gasteiger partial charge in [0.2, 0.25) is 0 Å². The highest BCUT2D eigenvalue weighted by Gasteiger charge is 2.10. The Labute approximate surface area is 150 Å². The van der Waals surface area contributed by atoms with Crippen molar-refractivity contribution >= 4 is 45.7 Å². The molecule has 0 spiro atoms. The van der Waals surface area contributed by atoms with Gasteiger partial charge in [0.05, 0.1) is 11.1 Å². The summed E-state index contributed by atoms with van der Waals surface area (Å²) in [5.74, 6) is 0. The summed E-state index contributed by atoms with van der Waals surface area (Å²) in [5, 5.41) is 20.3. The zero-order chi connectivity index (χ0) is 17.1. The molecule has 0 saturated carbocycles. The van der Waals surface area contributed by atoms with Gasteiger partial charge in [0.15, 0.2) is 5.57 Å². The van der Waals surface area contributed by atoms with Crippen molar-refractivity contribution in [2.75, 3.05) is 0 Å². The summed E-state index contributed by atoms with van der Waals surface area (Å²) in [6.45, 7) is 2.38. The van der Waals surface area contributed by atoms with Crippen LogP contribution in [0.5, 0.6) is 0 Å². The lowest BCUT2D eigenvalue weighted by Gasteiger charge is -1.98. The van der Waals surface area contributed by atoms with E-state index in [1.807, 2.05) is 54.8 Å². The number of nitriles is 2. The topological polar surface area (TPSA) is 69.6 Å². The second-order valence-electron chi connectivity index (χ2n) is 4.93. The molecule has 3 rings (SSSR count). The predicted octanol–water partition coefficient (Wildman–Crippen LogP) is 2.42. The summed E-state index contributed by atoms with van der Waals surface area (Å²) in [4.78, 5) is 15.9. The lowest BCUT2D eigenvalue weighted by atomic mass is 10.3. The average molecular weight is 369 g/mol. The van der Waals surface area contributed by atoms with Crippen molar-refractivity contribution in [2.24, 2.45) is 0 Å². The highest BCUT2D eigenvalue weighted by Crippen LogP contribution is 2.15. The minimum atomic E-state index is -0.169. The van der Waals surface area contributed by atoms with Gasteiger partial charge in [-0.1, -0.05) is 6.07 Å². The smallest absolute Gasteiger partial charge is 0.269 e. The van der Waals surface area contributed by atoms with Crippen LogP contribution in [0.2, 0.25) is 0 Å². The van der Waals surface area contributed by atoms with Crippen LogP contribution < -0.4 is 14.8 Å². The first-order valence-electron chi connectivity index (χ1n) is 6.97. The van der Waals surface area contributed by atoms with Gasteiger partial charge in [-0.3, -0.25) is 9.36 Å². The Morgan fingerprint density at radius 3 is 2.62 bits per heavy atom. The molecule has 0 amide bonds. The lowest BCUT2D eigenvalue weighted by Crippen LogP contribution is -2.32. The summed E-state index contributed by atoms with van der Waals surface area (Å²) in [5.41, 5.74) is -0.201. The first-order valence-corrected chi connectivity index (χ1v) is 9.48. The van der Waals surface area contributed by atoms with E-state index in [2.05, 4.69) is 0 Å². The Kier molecular flexibility index (Phi) is 4.77. The van der Waals surface area contributed by atoms with E-state index in [0.717, 1.165) is 9.75 Å².